The second-order valence-corrected chi connectivity index (χ2v) is 6.85. The van der Waals surface area contributed by atoms with E-state index in [0.29, 0.717) is 0 Å². The van der Waals surface area contributed by atoms with Crippen molar-refractivity contribution >= 4 is 11.0 Å². The lowest BCUT2D eigenvalue weighted by molar-refractivity contribution is 0.561. The molecular weight excluding hydrogens is 320 g/mol. The van der Waals surface area contributed by atoms with E-state index in [1.165, 1.54) is 27.8 Å². The summed E-state index contributed by atoms with van der Waals surface area (Å²) in [5, 5.41) is 5.99. The number of nitrogens with one attached hydrogen (secondary N) is 1. The first-order chi connectivity index (χ1) is 12.7. The van der Waals surface area contributed by atoms with Crippen molar-refractivity contribution in [1.29, 1.82) is 0 Å². The molecule has 4 aromatic rings. The average molecular weight is 344 g/mol. The molecule has 132 valence electrons. The van der Waals surface area contributed by atoms with Gasteiger partial charge in [-0.05, 0) is 49.9 Å². The number of aromatic amines is 1. The van der Waals surface area contributed by atoms with Crippen LogP contribution in [0.1, 0.15) is 34.5 Å². The SMILES string of the molecule is Cc1nn(CCCc2ccccc2)c(C)c1Cc1c[nH]c2ncccc12. The quantitative estimate of drug-likeness (QED) is 0.556. The molecule has 0 aliphatic rings. The van der Waals surface area contributed by atoms with Gasteiger partial charge in [0, 0.05) is 42.0 Å². The summed E-state index contributed by atoms with van der Waals surface area (Å²) in [6.07, 6.45) is 6.97. The molecule has 0 spiro atoms. The Balaban J connectivity index is 1.49. The van der Waals surface area contributed by atoms with Gasteiger partial charge in [-0.3, -0.25) is 4.68 Å². The highest BCUT2D eigenvalue weighted by molar-refractivity contribution is 5.79. The lowest BCUT2D eigenvalue weighted by Crippen LogP contribution is -2.04. The minimum Gasteiger partial charge on any atom is -0.346 e. The van der Waals surface area contributed by atoms with Crippen LogP contribution >= 0.6 is 0 Å². The topological polar surface area (TPSA) is 46.5 Å². The fraction of sp³-hybridized carbons (Fsp3) is 0.273. The number of aromatic nitrogens is 4. The molecule has 3 aromatic heterocycles. The van der Waals surface area contributed by atoms with E-state index in [1.807, 2.05) is 12.3 Å². The van der Waals surface area contributed by atoms with Crippen molar-refractivity contribution in [3.8, 4) is 0 Å². The summed E-state index contributed by atoms with van der Waals surface area (Å²) in [7, 11) is 0. The van der Waals surface area contributed by atoms with E-state index >= 15 is 0 Å². The van der Waals surface area contributed by atoms with E-state index in [4.69, 9.17) is 5.10 Å². The van der Waals surface area contributed by atoms with E-state index in [2.05, 4.69) is 71.1 Å². The van der Waals surface area contributed by atoms with Gasteiger partial charge in [-0.2, -0.15) is 5.10 Å². The summed E-state index contributed by atoms with van der Waals surface area (Å²) in [4.78, 5) is 7.65. The van der Waals surface area contributed by atoms with E-state index < -0.39 is 0 Å². The fourth-order valence-corrected chi connectivity index (χ4v) is 3.63. The molecule has 4 rings (SSSR count). The first-order valence-electron chi connectivity index (χ1n) is 9.20. The number of rotatable bonds is 6. The van der Waals surface area contributed by atoms with Crippen LogP contribution in [0.5, 0.6) is 0 Å². The van der Waals surface area contributed by atoms with Crippen LogP contribution in [-0.2, 0) is 19.4 Å². The standard InChI is InChI=1S/C22H24N4/c1-16-21(14-19-15-24-22-20(19)11-6-12-23-22)17(2)26(25-16)13-7-10-18-8-4-3-5-9-18/h3-6,8-9,11-12,15H,7,10,13-14H2,1-2H3,(H,23,24). The fourth-order valence-electron chi connectivity index (χ4n) is 3.63. The number of fused-ring (bicyclic) bond motifs is 1. The molecule has 0 radical (unpaired) electrons. The zero-order valence-corrected chi connectivity index (χ0v) is 15.4. The van der Waals surface area contributed by atoms with E-state index in [9.17, 15) is 0 Å². The van der Waals surface area contributed by atoms with Crippen molar-refractivity contribution < 1.29 is 0 Å². The molecule has 0 aliphatic carbocycles. The van der Waals surface area contributed by atoms with Crippen molar-refractivity contribution in [3.05, 3.63) is 82.9 Å². The van der Waals surface area contributed by atoms with Gasteiger partial charge in [0.2, 0.25) is 0 Å². The van der Waals surface area contributed by atoms with Crippen LogP contribution in [0.2, 0.25) is 0 Å². The first-order valence-corrected chi connectivity index (χ1v) is 9.20. The molecule has 0 amide bonds. The van der Waals surface area contributed by atoms with Gasteiger partial charge in [-0.25, -0.2) is 4.98 Å². The minimum absolute atomic E-state index is 0.891. The Morgan fingerprint density at radius 2 is 1.88 bits per heavy atom. The zero-order chi connectivity index (χ0) is 17.9. The van der Waals surface area contributed by atoms with E-state index in [0.717, 1.165) is 37.1 Å². The normalized spacial score (nSPS) is 11.3. The summed E-state index contributed by atoms with van der Waals surface area (Å²) in [6, 6.07) is 14.8. The number of pyridine rings is 1. The van der Waals surface area contributed by atoms with Gasteiger partial charge in [0.25, 0.3) is 0 Å². The van der Waals surface area contributed by atoms with Crippen LogP contribution < -0.4 is 0 Å². The van der Waals surface area contributed by atoms with Gasteiger partial charge in [-0.15, -0.1) is 0 Å². The summed E-state index contributed by atoms with van der Waals surface area (Å²) in [5.74, 6) is 0. The van der Waals surface area contributed by atoms with Crippen molar-refractivity contribution in [3.63, 3.8) is 0 Å². The Labute approximate surface area is 153 Å². The molecule has 1 N–H and O–H groups in total. The molecular formula is C22H24N4. The molecule has 4 heteroatoms. The Bertz CT molecular complexity index is 1010. The van der Waals surface area contributed by atoms with Crippen LogP contribution in [0.3, 0.4) is 0 Å². The molecule has 3 heterocycles. The predicted molar refractivity (Wildman–Crippen MR) is 105 cm³/mol. The maximum absolute atomic E-state index is 4.79. The van der Waals surface area contributed by atoms with E-state index in [-0.39, 0.29) is 0 Å². The molecule has 0 bridgehead atoms. The van der Waals surface area contributed by atoms with Crippen LogP contribution in [0, 0.1) is 13.8 Å². The highest BCUT2D eigenvalue weighted by atomic mass is 15.3. The Morgan fingerprint density at radius 1 is 1.04 bits per heavy atom. The van der Waals surface area contributed by atoms with Gasteiger partial charge in [0.05, 0.1) is 5.69 Å². The number of benzene rings is 1. The highest BCUT2D eigenvalue weighted by Crippen LogP contribution is 2.23. The smallest absolute Gasteiger partial charge is 0.137 e. The predicted octanol–water partition coefficient (Wildman–Crippen LogP) is 4.60. The second-order valence-electron chi connectivity index (χ2n) is 6.85. The average Bonchev–Trinajstić information content (AvgIpc) is 3.19. The first kappa shape index (κ1) is 16.6. The van der Waals surface area contributed by atoms with Gasteiger partial charge in [0.15, 0.2) is 0 Å². The second kappa shape index (κ2) is 7.16. The zero-order valence-electron chi connectivity index (χ0n) is 15.4. The van der Waals surface area contributed by atoms with Crippen LogP contribution in [-0.4, -0.2) is 19.7 Å². The molecule has 0 aliphatic heterocycles. The summed E-state index contributed by atoms with van der Waals surface area (Å²) < 4.78 is 2.17. The number of hydrogen-bond donors (Lipinski definition) is 1. The number of hydrogen-bond acceptors (Lipinski definition) is 2. The lowest BCUT2D eigenvalue weighted by atomic mass is 10.0. The van der Waals surface area contributed by atoms with Crippen LogP contribution in [0.15, 0.2) is 54.9 Å². The van der Waals surface area contributed by atoms with Crippen molar-refractivity contribution in [2.75, 3.05) is 0 Å². The van der Waals surface area contributed by atoms with Gasteiger partial charge >= 0.3 is 0 Å². The maximum Gasteiger partial charge on any atom is 0.137 e. The molecule has 0 fully saturated rings. The minimum atomic E-state index is 0.891. The Kier molecular flexibility index (Phi) is 4.57. The van der Waals surface area contributed by atoms with Gasteiger partial charge in [0.1, 0.15) is 5.65 Å². The molecule has 26 heavy (non-hydrogen) atoms. The van der Waals surface area contributed by atoms with Gasteiger partial charge < -0.3 is 4.98 Å². The number of aryl methyl sites for hydroxylation is 3. The Morgan fingerprint density at radius 3 is 2.73 bits per heavy atom. The third kappa shape index (κ3) is 3.27. The molecule has 0 saturated carbocycles. The molecule has 0 unspecified atom stereocenters. The van der Waals surface area contributed by atoms with Crippen molar-refractivity contribution in [2.45, 2.75) is 39.7 Å². The largest absolute Gasteiger partial charge is 0.346 e. The summed E-state index contributed by atoms with van der Waals surface area (Å²) >= 11 is 0. The monoisotopic (exact) mass is 344 g/mol. The third-order valence-corrected chi connectivity index (χ3v) is 5.11. The van der Waals surface area contributed by atoms with E-state index in [1.54, 1.807) is 0 Å². The molecule has 0 saturated heterocycles. The van der Waals surface area contributed by atoms with Crippen LogP contribution in [0.25, 0.3) is 11.0 Å². The van der Waals surface area contributed by atoms with Crippen molar-refractivity contribution in [2.24, 2.45) is 0 Å². The van der Waals surface area contributed by atoms with Gasteiger partial charge in [-0.1, -0.05) is 30.3 Å². The van der Waals surface area contributed by atoms with Crippen molar-refractivity contribution in [1.82, 2.24) is 19.7 Å². The summed E-state index contributed by atoms with van der Waals surface area (Å²) in [5.41, 5.74) is 7.35. The molecule has 0 atom stereocenters. The lowest BCUT2D eigenvalue weighted by Gasteiger charge is -2.06. The number of nitrogens with zero attached hydrogens (tertiary/aromatic N) is 3. The maximum atomic E-state index is 4.79. The Hall–Kier alpha value is -2.88. The molecule has 4 nitrogen and oxygen atoms in total. The highest BCUT2D eigenvalue weighted by Gasteiger charge is 2.14. The summed E-state index contributed by atoms with van der Waals surface area (Å²) in [6.45, 7) is 5.26. The number of H-pyrrole nitrogens is 1. The molecule has 1 aromatic carbocycles. The third-order valence-electron chi connectivity index (χ3n) is 5.11. The van der Waals surface area contributed by atoms with Crippen LogP contribution in [0.4, 0.5) is 0 Å².